The van der Waals surface area contributed by atoms with Crippen molar-refractivity contribution in [3.05, 3.63) is 12.7 Å². The largest absolute Gasteiger partial charge is 0.466 e. The second-order valence-electron chi connectivity index (χ2n) is 2.07. The Kier molecular flexibility index (Phi) is 14.1. The lowest BCUT2D eigenvalue weighted by atomic mass is 10.3. The van der Waals surface area contributed by atoms with E-state index in [1.165, 1.54) is 26.2 Å². The van der Waals surface area contributed by atoms with Crippen LogP contribution in [0.4, 0.5) is 0 Å². The van der Waals surface area contributed by atoms with Gasteiger partial charge in [0.2, 0.25) is 0 Å². The number of nitrogens with one attached hydrogen (secondary N) is 1. The number of carbonyl (C=O) groups is 1. The van der Waals surface area contributed by atoms with Crippen LogP contribution < -0.4 is 0 Å². The summed E-state index contributed by atoms with van der Waals surface area (Å²) in [7, 11) is 1.31. The molecule has 0 rings (SSSR count). The van der Waals surface area contributed by atoms with E-state index in [-0.39, 0.29) is 0 Å². The third-order valence-corrected chi connectivity index (χ3v) is 1.07. The number of unbranched alkanes of at least 4 members (excludes halogenated alkanes) is 2. The quantitative estimate of drug-likeness (QED) is 0.305. The third-order valence-electron chi connectivity index (χ3n) is 1.07. The van der Waals surface area contributed by atoms with Crippen LogP contribution in [-0.2, 0) is 9.53 Å². The Bertz CT molecular complexity index is 132. The van der Waals surface area contributed by atoms with Crippen molar-refractivity contribution in [3.63, 3.8) is 0 Å². The van der Waals surface area contributed by atoms with Crippen molar-refractivity contribution in [3.8, 4) is 0 Å². The lowest BCUT2D eigenvalue weighted by Crippen LogP contribution is -1.91. The zero-order valence-corrected chi connectivity index (χ0v) is 7.80. The Balaban J connectivity index is 0. The van der Waals surface area contributed by atoms with E-state index in [0.29, 0.717) is 0 Å². The van der Waals surface area contributed by atoms with Gasteiger partial charge in [-0.2, -0.15) is 0 Å². The maximum absolute atomic E-state index is 9.84. The number of esters is 1. The number of hydrogen-bond donors (Lipinski definition) is 1. The highest BCUT2D eigenvalue weighted by Gasteiger charge is 1.81. The molecule has 0 aromatic carbocycles. The molecule has 12 heavy (non-hydrogen) atoms. The molecule has 0 aliphatic carbocycles. The lowest BCUT2D eigenvalue weighted by molar-refractivity contribution is -0.134. The highest BCUT2D eigenvalue weighted by molar-refractivity contribution is 5.80. The van der Waals surface area contributed by atoms with Gasteiger partial charge in [0.05, 0.1) is 7.11 Å². The molecule has 0 aromatic heterocycles. The Morgan fingerprint density at radius 1 is 1.67 bits per heavy atom. The van der Waals surface area contributed by atoms with Crippen molar-refractivity contribution >= 4 is 12.2 Å². The SMILES string of the molecule is C=CC(=O)OC.CCCCC=N. The van der Waals surface area contributed by atoms with Crippen LogP contribution in [0.3, 0.4) is 0 Å². The first-order valence-electron chi connectivity index (χ1n) is 3.92. The molecule has 0 radical (unpaired) electrons. The van der Waals surface area contributed by atoms with Crippen LogP contribution in [0.15, 0.2) is 12.7 Å². The molecule has 0 amide bonds. The zero-order chi connectivity index (χ0) is 9.82. The molecule has 3 heteroatoms. The van der Waals surface area contributed by atoms with Gasteiger partial charge in [-0.15, -0.1) is 0 Å². The van der Waals surface area contributed by atoms with Crippen LogP contribution in [0.2, 0.25) is 0 Å². The summed E-state index contributed by atoms with van der Waals surface area (Å²) in [5, 5.41) is 6.58. The van der Waals surface area contributed by atoms with Gasteiger partial charge in [-0.3, -0.25) is 0 Å². The fourth-order valence-electron chi connectivity index (χ4n) is 0.390. The monoisotopic (exact) mass is 171 g/mol. The molecule has 0 heterocycles. The van der Waals surface area contributed by atoms with Gasteiger partial charge in [0.1, 0.15) is 0 Å². The smallest absolute Gasteiger partial charge is 0.329 e. The summed E-state index contributed by atoms with van der Waals surface area (Å²) in [6.07, 6.45) is 5.90. The molecule has 0 unspecified atom stereocenters. The van der Waals surface area contributed by atoms with E-state index in [9.17, 15) is 4.79 Å². The number of carbonyl (C=O) groups excluding carboxylic acids is 1. The molecule has 0 aliphatic heterocycles. The number of rotatable bonds is 4. The predicted octanol–water partition coefficient (Wildman–Crippen LogP) is 2.17. The van der Waals surface area contributed by atoms with Crippen molar-refractivity contribution in [2.45, 2.75) is 26.2 Å². The summed E-state index contributed by atoms with van der Waals surface area (Å²) in [4.78, 5) is 9.84. The van der Waals surface area contributed by atoms with Gasteiger partial charge in [0, 0.05) is 6.08 Å². The molecule has 0 saturated heterocycles. The highest BCUT2D eigenvalue weighted by Crippen LogP contribution is 1.87. The van der Waals surface area contributed by atoms with Crippen LogP contribution in [0.1, 0.15) is 26.2 Å². The summed E-state index contributed by atoms with van der Waals surface area (Å²) >= 11 is 0. The van der Waals surface area contributed by atoms with Crippen LogP contribution in [0.25, 0.3) is 0 Å². The van der Waals surface area contributed by atoms with Gasteiger partial charge in [0.15, 0.2) is 0 Å². The summed E-state index contributed by atoms with van der Waals surface area (Å²) < 4.78 is 4.14. The number of methoxy groups -OCH3 is 1. The maximum Gasteiger partial charge on any atom is 0.329 e. The molecule has 0 aliphatic rings. The summed E-state index contributed by atoms with van der Waals surface area (Å²) in [6.45, 7) is 5.29. The molecule has 0 saturated carbocycles. The standard InChI is InChI=1S/C5H11N.C4H6O2/c1-2-3-4-5-6;1-3-4(5)6-2/h5-6H,2-4H2,1H3;3H,1H2,2H3. The third kappa shape index (κ3) is 15.9. The fraction of sp³-hybridized carbons (Fsp3) is 0.556. The molecular weight excluding hydrogens is 154 g/mol. The van der Waals surface area contributed by atoms with Crippen molar-refractivity contribution < 1.29 is 9.53 Å². The van der Waals surface area contributed by atoms with Crippen LogP contribution >= 0.6 is 0 Å². The molecule has 3 nitrogen and oxygen atoms in total. The Morgan fingerprint density at radius 3 is 2.33 bits per heavy atom. The van der Waals surface area contributed by atoms with E-state index < -0.39 is 5.97 Å². The van der Waals surface area contributed by atoms with E-state index in [4.69, 9.17) is 5.41 Å². The minimum absolute atomic E-state index is 0.394. The molecular formula is C9H17NO2. The van der Waals surface area contributed by atoms with E-state index in [0.717, 1.165) is 12.5 Å². The molecule has 0 spiro atoms. The van der Waals surface area contributed by atoms with Crippen molar-refractivity contribution in [2.75, 3.05) is 7.11 Å². The van der Waals surface area contributed by atoms with Crippen molar-refractivity contribution in [1.29, 1.82) is 5.41 Å². The van der Waals surface area contributed by atoms with E-state index >= 15 is 0 Å². The van der Waals surface area contributed by atoms with Gasteiger partial charge in [-0.25, -0.2) is 4.79 Å². The summed E-state index contributed by atoms with van der Waals surface area (Å²) in [5.41, 5.74) is 0. The first kappa shape index (κ1) is 13.5. The topological polar surface area (TPSA) is 50.2 Å². The van der Waals surface area contributed by atoms with Crippen molar-refractivity contribution in [2.24, 2.45) is 0 Å². The van der Waals surface area contributed by atoms with Crippen LogP contribution in [0.5, 0.6) is 0 Å². The second-order valence-corrected chi connectivity index (χ2v) is 2.07. The first-order valence-corrected chi connectivity index (χ1v) is 3.92. The normalized spacial score (nSPS) is 7.50. The predicted molar refractivity (Wildman–Crippen MR) is 50.5 cm³/mol. The molecule has 0 atom stereocenters. The van der Waals surface area contributed by atoms with Gasteiger partial charge in [0.25, 0.3) is 0 Å². The van der Waals surface area contributed by atoms with Gasteiger partial charge in [-0.1, -0.05) is 19.9 Å². The van der Waals surface area contributed by atoms with E-state index in [2.05, 4.69) is 18.2 Å². The average molecular weight is 171 g/mol. The number of ether oxygens (including phenoxy) is 1. The highest BCUT2D eigenvalue weighted by atomic mass is 16.5. The molecule has 0 fully saturated rings. The molecule has 0 bridgehead atoms. The van der Waals surface area contributed by atoms with Gasteiger partial charge < -0.3 is 10.1 Å². The fourth-order valence-corrected chi connectivity index (χ4v) is 0.390. The first-order chi connectivity index (χ1) is 5.72. The number of hydrogen-bond acceptors (Lipinski definition) is 3. The molecule has 70 valence electrons. The van der Waals surface area contributed by atoms with E-state index in [1.54, 1.807) is 0 Å². The minimum atomic E-state index is -0.394. The van der Waals surface area contributed by atoms with Crippen molar-refractivity contribution in [1.82, 2.24) is 0 Å². The lowest BCUT2D eigenvalue weighted by Gasteiger charge is -1.83. The summed E-state index contributed by atoms with van der Waals surface area (Å²) in [5.74, 6) is -0.394. The minimum Gasteiger partial charge on any atom is -0.466 e. The van der Waals surface area contributed by atoms with Crippen LogP contribution in [0, 0.1) is 5.41 Å². The van der Waals surface area contributed by atoms with Gasteiger partial charge in [-0.05, 0) is 19.1 Å². The summed E-state index contributed by atoms with van der Waals surface area (Å²) in [6, 6.07) is 0. The maximum atomic E-state index is 9.84. The Morgan fingerprint density at radius 2 is 2.25 bits per heavy atom. The molecule has 1 N–H and O–H groups in total. The van der Waals surface area contributed by atoms with Gasteiger partial charge >= 0.3 is 5.97 Å². The Hall–Kier alpha value is -1.12. The second kappa shape index (κ2) is 12.5. The Labute approximate surface area is 73.9 Å². The zero-order valence-electron chi connectivity index (χ0n) is 7.80. The van der Waals surface area contributed by atoms with Crippen LogP contribution in [-0.4, -0.2) is 19.3 Å². The van der Waals surface area contributed by atoms with E-state index in [1.807, 2.05) is 0 Å². The molecule has 0 aromatic rings. The average Bonchev–Trinajstić information content (AvgIpc) is 2.14.